The second kappa shape index (κ2) is 4.72. The first-order chi connectivity index (χ1) is 7.69. The summed E-state index contributed by atoms with van der Waals surface area (Å²) in [5.74, 6) is 0.601. The van der Waals surface area contributed by atoms with Crippen LogP contribution in [0.4, 0.5) is 0 Å². The molecule has 0 aromatic heterocycles. The first kappa shape index (κ1) is 11.9. The Hall–Kier alpha value is -0.610. The van der Waals surface area contributed by atoms with Crippen molar-refractivity contribution in [2.24, 2.45) is 11.8 Å². The molecule has 1 amide bonds. The molecule has 16 heavy (non-hydrogen) atoms. The minimum atomic E-state index is 0.00590. The van der Waals surface area contributed by atoms with E-state index >= 15 is 0 Å². The lowest BCUT2D eigenvalue weighted by molar-refractivity contribution is -0.124. The molecule has 0 radical (unpaired) electrons. The Labute approximate surface area is 96.4 Å². The van der Waals surface area contributed by atoms with Gasteiger partial charge in [-0.1, -0.05) is 0 Å². The third kappa shape index (κ3) is 2.23. The van der Waals surface area contributed by atoms with E-state index in [1.807, 2.05) is 0 Å². The number of amides is 1. The molecule has 1 aliphatic carbocycles. The Morgan fingerprint density at radius 3 is 2.75 bits per heavy atom. The number of ether oxygens (including phenoxy) is 1. The van der Waals surface area contributed by atoms with Gasteiger partial charge >= 0.3 is 0 Å². The van der Waals surface area contributed by atoms with Gasteiger partial charge in [-0.2, -0.15) is 0 Å². The molecule has 4 heteroatoms. The van der Waals surface area contributed by atoms with Crippen molar-refractivity contribution >= 4 is 5.91 Å². The van der Waals surface area contributed by atoms with Crippen LogP contribution in [0.2, 0.25) is 0 Å². The Morgan fingerprint density at radius 1 is 1.50 bits per heavy atom. The predicted molar refractivity (Wildman–Crippen MR) is 59.9 cm³/mol. The van der Waals surface area contributed by atoms with Crippen LogP contribution < -0.4 is 5.32 Å². The molecular formula is C12H21NO3. The van der Waals surface area contributed by atoms with Crippen molar-refractivity contribution in [1.29, 1.82) is 0 Å². The summed E-state index contributed by atoms with van der Waals surface area (Å²) in [5.41, 5.74) is 0.00590. The smallest absolute Gasteiger partial charge is 0.225 e. The third-order valence-electron chi connectivity index (χ3n) is 4.08. The van der Waals surface area contributed by atoms with Gasteiger partial charge in [-0.3, -0.25) is 4.79 Å². The Kier molecular flexibility index (Phi) is 3.50. The molecule has 2 N–H and O–H groups in total. The SMILES string of the molecule is COC[C@@H]1CC2(CCC(CO)CC2)NC1=O. The summed E-state index contributed by atoms with van der Waals surface area (Å²) in [6.07, 6.45) is 4.96. The molecule has 0 bridgehead atoms. The summed E-state index contributed by atoms with van der Waals surface area (Å²) < 4.78 is 5.07. The lowest BCUT2D eigenvalue weighted by atomic mass is 9.75. The first-order valence-corrected chi connectivity index (χ1v) is 6.11. The van der Waals surface area contributed by atoms with E-state index in [0.717, 1.165) is 32.1 Å². The Bertz CT molecular complexity index is 259. The normalized spacial score (nSPS) is 39.0. The van der Waals surface area contributed by atoms with Crippen LogP contribution in [-0.2, 0) is 9.53 Å². The number of carbonyl (C=O) groups is 1. The highest BCUT2D eigenvalue weighted by molar-refractivity contribution is 5.82. The van der Waals surface area contributed by atoms with Crippen molar-refractivity contribution in [3.8, 4) is 0 Å². The van der Waals surface area contributed by atoms with Crippen LogP contribution >= 0.6 is 0 Å². The van der Waals surface area contributed by atoms with Gasteiger partial charge < -0.3 is 15.2 Å². The van der Waals surface area contributed by atoms with E-state index in [9.17, 15) is 4.79 Å². The van der Waals surface area contributed by atoms with Crippen molar-refractivity contribution in [3.63, 3.8) is 0 Å². The molecule has 1 saturated carbocycles. The summed E-state index contributed by atoms with van der Waals surface area (Å²) in [4.78, 5) is 11.7. The predicted octanol–water partition coefficient (Wildman–Crippen LogP) is 0.690. The highest BCUT2D eigenvalue weighted by Crippen LogP contribution is 2.39. The fourth-order valence-corrected chi connectivity index (χ4v) is 3.06. The molecule has 1 atom stereocenters. The molecular weight excluding hydrogens is 206 g/mol. The fraction of sp³-hybridized carbons (Fsp3) is 0.917. The second-order valence-corrected chi connectivity index (χ2v) is 5.25. The molecule has 0 aromatic carbocycles. The van der Waals surface area contributed by atoms with Gasteiger partial charge in [0.15, 0.2) is 0 Å². The van der Waals surface area contributed by atoms with Crippen LogP contribution in [0.1, 0.15) is 32.1 Å². The van der Waals surface area contributed by atoms with Crippen molar-refractivity contribution in [1.82, 2.24) is 5.32 Å². The number of rotatable bonds is 3. The van der Waals surface area contributed by atoms with E-state index < -0.39 is 0 Å². The van der Waals surface area contributed by atoms with Gasteiger partial charge in [-0.25, -0.2) is 0 Å². The number of methoxy groups -OCH3 is 1. The molecule has 1 heterocycles. The minimum absolute atomic E-state index is 0.00590. The van der Waals surface area contributed by atoms with Crippen molar-refractivity contribution < 1.29 is 14.6 Å². The van der Waals surface area contributed by atoms with E-state index in [0.29, 0.717) is 12.5 Å². The Morgan fingerprint density at radius 2 is 2.19 bits per heavy atom. The van der Waals surface area contributed by atoms with Crippen LogP contribution in [0.5, 0.6) is 0 Å². The quantitative estimate of drug-likeness (QED) is 0.746. The average Bonchev–Trinajstić information content (AvgIpc) is 2.57. The van der Waals surface area contributed by atoms with E-state index in [4.69, 9.17) is 9.84 Å². The van der Waals surface area contributed by atoms with Crippen molar-refractivity contribution in [2.45, 2.75) is 37.6 Å². The zero-order valence-electron chi connectivity index (χ0n) is 9.87. The lowest BCUT2D eigenvalue weighted by Crippen LogP contribution is -2.44. The topological polar surface area (TPSA) is 58.6 Å². The summed E-state index contributed by atoms with van der Waals surface area (Å²) in [6, 6.07) is 0. The molecule has 2 rings (SSSR count). The molecule has 1 saturated heterocycles. The summed E-state index contributed by atoms with van der Waals surface area (Å²) in [7, 11) is 1.64. The Balaban J connectivity index is 1.94. The standard InChI is InChI=1S/C12H21NO3/c1-16-8-10-6-12(13-11(10)15)4-2-9(7-14)3-5-12/h9-10,14H,2-8H2,1H3,(H,13,15)/t9?,10-,12?/m0/s1. The van der Waals surface area contributed by atoms with Crippen molar-refractivity contribution in [2.75, 3.05) is 20.3 Å². The van der Waals surface area contributed by atoms with E-state index in [2.05, 4.69) is 5.32 Å². The molecule has 1 spiro atoms. The van der Waals surface area contributed by atoms with Crippen LogP contribution in [0, 0.1) is 11.8 Å². The van der Waals surface area contributed by atoms with Gasteiger partial charge in [-0.05, 0) is 38.0 Å². The second-order valence-electron chi connectivity index (χ2n) is 5.25. The number of hydrogen-bond donors (Lipinski definition) is 2. The molecule has 2 fully saturated rings. The van der Waals surface area contributed by atoms with Crippen LogP contribution in [0.3, 0.4) is 0 Å². The van der Waals surface area contributed by atoms with Crippen LogP contribution in [0.15, 0.2) is 0 Å². The minimum Gasteiger partial charge on any atom is -0.396 e. The monoisotopic (exact) mass is 227 g/mol. The fourth-order valence-electron chi connectivity index (χ4n) is 3.06. The van der Waals surface area contributed by atoms with E-state index in [-0.39, 0.29) is 24.0 Å². The number of aliphatic hydroxyl groups is 1. The van der Waals surface area contributed by atoms with Gasteiger partial charge in [0.05, 0.1) is 12.5 Å². The number of carbonyl (C=O) groups excluding carboxylic acids is 1. The van der Waals surface area contributed by atoms with Gasteiger partial charge in [0.1, 0.15) is 0 Å². The summed E-state index contributed by atoms with van der Waals surface area (Å²) in [5, 5.41) is 12.3. The molecule has 0 aromatic rings. The van der Waals surface area contributed by atoms with E-state index in [1.54, 1.807) is 7.11 Å². The van der Waals surface area contributed by atoms with Gasteiger partial charge in [0.2, 0.25) is 5.91 Å². The number of nitrogens with one attached hydrogen (secondary N) is 1. The van der Waals surface area contributed by atoms with Gasteiger partial charge in [0, 0.05) is 19.3 Å². The largest absolute Gasteiger partial charge is 0.396 e. The average molecular weight is 227 g/mol. The van der Waals surface area contributed by atoms with Gasteiger partial charge in [0.25, 0.3) is 0 Å². The molecule has 92 valence electrons. The molecule has 4 nitrogen and oxygen atoms in total. The highest BCUT2D eigenvalue weighted by atomic mass is 16.5. The highest BCUT2D eigenvalue weighted by Gasteiger charge is 2.45. The summed E-state index contributed by atoms with van der Waals surface area (Å²) >= 11 is 0. The maximum Gasteiger partial charge on any atom is 0.225 e. The summed E-state index contributed by atoms with van der Waals surface area (Å²) in [6.45, 7) is 0.808. The maximum atomic E-state index is 11.7. The zero-order valence-corrected chi connectivity index (χ0v) is 9.87. The molecule has 2 aliphatic rings. The van der Waals surface area contributed by atoms with Crippen LogP contribution in [0.25, 0.3) is 0 Å². The van der Waals surface area contributed by atoms with Crippen molar-refractivity contribution in [3.05, 3.63) is 0 Å². The lowest BCUT2D eigenvalue weighted by Gasteiger charge is -2.36. The zero-order chi connectivity index (χ0) is 11.6. The van der Waals surface area contributed by atoms with Crippen LogP contribution in [-0.4, -0.2) is 36.9 Å². The third-order valence-corrected chi connectivity index (χ3v) is 4.08. The molecule has 0 unspecified atom stereocenters. The number of aliphatic hydroxyl groups excluding tert-OH is 1. The van der Waals surface area contributed by atoms with Gasteiger partial charge in [-0.15, -0.1) is 0 Å². The molecule has 1 aliphatic heterocycles. The maximum absolute atomic E-state index is 11.7. The van der Waals surface area contributed by atoms with E-state index in [1.165, 1.54) is 0 Å². The number of hydrogen-bond acceptors (Lipinski definition) is 3. The first-order valence-electron chi connectivity index (χ1n) is 6.11.